The Balaban J connectivity index is 1.36. The van der Waals surface area contributed by atoms with Gasteiger partial charge in [-0.05, 0) is 55.3 Å². The lowest BCUT2D eigenvalue weighted by atomic mass is 10.1. The van der Waals surface area contributed by atoms with Crippen LogP contribution in [0.3, 0.4) is 0 Å². The van der Waals surface area contributed by atoms with E-state index in [9.17, 15) is 4.79 Å². The van der Waals surface area contributed by atoms with Gasteiger partial charge in [-0.1, -0.05) is 12.1 Å². The first-order valence-electron chi connectivity index (χ1n) is 10.4. The van der Waals surface area contributed by atoms with Gasteiger partial charge in [0.2, 0.25) is 0 Å². The number of ether oxygens (including phenoxy) is 1. The minimum atomic E-state index is -0.115. The van der Waals surface area contributed by atoms with Gasteiger partial charge >= 0.3 is 0 Å². The normalized spacial score (nSPS) is 14.4. The fourth-order valence-electron chi connectivity index (χ4n) is 3.52. The predicted octanol–water partition coefficient (Wildman–Crippen LogP) is 5.14. The van der Waals surface area contributed by atoms with Gasteiger partial charge in [-0.3, -0.25) is 9.69 Å². The number of nitrogens with one attached hydrogen (secondary N) is 1. The first-order chi connectivity index (χ1) is 15.1. The number of carbonyl (C=O) groups excluding carboxylic acids is 1. The summed E-state index contributed by atoms with van der Waals surface area (Å²) in [5.41, 5.74) is 4.80. The van der Waals surface area contributed by atoms with E-state index in [4.69, 9.17) is 4.74 Å². The van der Waals surface area contributed by atoms with Crippen LogP contribution in [0, 0.1) is 13.8 Å². The van der Waals surface area contributed by atoms with Crippen LogP contribution in [-0.4, -0.2) is 40.4 Å². The van der Waals surface area contributed by atoms with Crippen LogP contribution in [0.15, 0.2) is 47.8 Å². The molecule has 31 heavy (non-hydrogen) atoms. The van der Waals surface area contributed by atoms with Crippen molar-refractivity contribution in [1.82, 2.24) is 9.88 Å². The summed E-state index contributed by atoms with van der Waals surface area (Å²) in [6, 6.07) is 13.4. The monoisotopic (exact) mass is 453 g/mol. The zero-order valence-electron chi connectivity index (χ0n) is 17.9. The quantitative estimate of drug-likeness (QED) is 0.537. The Morgan fingerprint density at radius 1 is 1.13 bits per heavy atom. The topological polar surface area (TPSA) is 54.5 Å². The number of hydrogen-bond donors (Lipinski definition) is 1. The second kappa shape index (κ2) is 10.3. The fourth-order valence-corrected chi connectivity index (χ4v) is 5.10. The van der Waals surface area contributed by atoms with E-state index in [1.807, 2.05) is 48.3 Å². The van der Waals surface area contributed by atoms with Gasteiger partial charge in [0.1, 0.15) is 12.4 Å². The summed E-state index contributed by atoms with van der Waals surface area (Å²) in [5, 5.41) is 6.10. The Hall–Kier alpha value is -2.35. The highest BCUT2D eigenvalue weighted by Crippen LogP contribution is 2.23. The van der Waals surface area contributed by atoms with Crippen LogP contribution in [0.1, 0.15) is 32.2 Å². The Morgan fingerprint density at radius 2 is 1.90 bits per heavy atom. The van der Waals surface area contributed by atoms with E-state index >= 15 is 0 Å². The summed E-state index contributed by atoms with van der Waals surface area (Å²) in [6.07, 6.45) is 0. The molecule has 1 amide bonds. The van der Waals surface area contributed by atoms with Crippen molar-refractivity contribution in [2.75, 3.05) is 29.9 Å². The lowest BCUT2D eigenvalue weighted by Gasteiger charge is -2.27. The molecule has 7 heteroatoms. The minimum Gasteiger partial charge on any atom is -0.487 e. The Kier molecular flexibility index (Phi) is 7.27. The van der Waals surface area contributed by atoms with Crippen molar-refractivity contribution in [2.45, 2.75) is 27.0 Å². The Morgan fingerprint density at radius 3 is 2.61 bits per heavy atom. The first kappa shape index (κ1) is 21.9. The van der Waals surface area contributed by atoms with Crippen molar-refractivity contribution in [2.24, 2.45) is 0 Å². The van der Waals surface area contributed by atoms with E-state index in [1.165, 1.54) is 17.1 Å². The van der Waals surface area contributed by atoms with Crippen LogP contribution < -0.4 is 10.1 Å². The number of rotatable bonds is 7. The third-order valence-corrected chi connectivity index (χ3v) is 7.13. The van der Waals surface area contributed by atoms with E-state index in [1.54, 1.807) is 23.5 Å². The summed E-state index contributed by atoms with van der Waals surface area (Å²) in [5.74, 6) is 2.99. The Labute approximate surface area is 191 Å². The molecule has 3 aromatic rings. The highest BCUT2D eigenvalue weighted by molar-refractivity contribution is 7.99. The van der Waals surface area contributed by atoms with Crippen LogP contribution in [-0.2, 0) is 13.2 Å². The van der Waals surface area contributed by atoms with Crippen molar-refractivity contribution in [3.8, 4) is 5.75 Å². The van der Waals surface area contributed by atoms with Crippen LogP contribution in [0.2, 0.25) is 0 Å². The van der Waals surface area contributed by atoms with E-state index in [-0.39, 0.29) is 5.91 Å². The van der Waals surface area contributed by atoms with Gasteiger partial charge in [0.25, 0.3) is 5.91 Å². The first-order valence-corrected chi connectivity index (χ1v) is 12.5. The third-order valence-electron chi connectivity index (χ3n) is 5.36. The Bertz CT molecular complexity index is 1030. The predicted molar refractivity (Wildman–Crippen MR) is 129 cm³/mol. The molecular weight excluding hydrogens is 426 g/mol. The molecule has 2 aromatic carbocycles. The summed E-state index contributed by atoms with van der Waals surface area (Å²) < 4.78 is 5.77. The molecule has 0 saturated carbocycles. The molecule has 162 valence electrons. The second-order valence-corrected chi connectivity index (χ2v) is 9.89. The van der Waals surface area contributed by atoms with E-state index in [0.29, 0.717) is 12.2 Å². The SMILES string of the molecule is Cc1nc(COc2ccc(C(=O)Nc3cccc(CN4CCSCC4)c3C)cc2)cs1. The third kappa shape index (κ3) is 5.87. The number of anilines is 1. The fraction of sp³-hybridized carbons (Fsp3) is 0.333. The molecule has 1 fully saturated rings. The number of hydrogen-bond acceptors (Lipinski definition) is 6. The maximum Gasteiger partial charge on any atom is 0.255 e. The van der Waals surface area contributed by atoms with Crippen molar-refractivity contribution >= 4 is 34.7 Å². The van der Waals surface area contributed by atoms with E-state index in [0.717, 1.165) is 47.3 Å². The number of carbonyl (C=O) groups is 1. The number of aromatic nitrogens is 1. The molecule has 0 radical (unpaired) electrons. The molecule has 1 aliphatic rings. The summed E-state index contributed by atoms with van der Waals surface area (Å²) in [7, 11) is 0. The number of thioether (sulfide) groups is 1. The van der Waals surface area contributed by atoms with Gasteiger partial charge in [-0.15, -0.1) is 11.3 Å². The van der Waals surface area contributed by atoms with Crippen molar-refractivity contribution < 1.29 is 9.53 Å². The standard InChI is InChI=1S/C24H27N3O2S2/c1-17-20(14-27-10-12-30-13-11-27)4-3-5-23(17)26-24(28)19-6-8-22(9-7-19)29-15-21-16-31-18(2)25-21/h3-9,16H,10-15H2,1-2H3,(H,26,28). The number of aryl methyl sites for hydroxylation is 1. The maximum atomic E-state index is 12.8. The molecule has 4 rings (SSSR count). The molecule has 5 nitrogen and oxygen atoms in total. The summed E-state index contributed by atoms with van der Waals surface area (Å²) >= 11 is 3.63. The van der Waals surface area contributed by atoms with Crippen molar-refractivity contribution in [3.05, 3.63) is 75.2 Å². The second-order valence-electron chi connectivity index (χ2n) is 7.60. The molecule has 0 atom stereocenters. The van der Waals surface area contributed by atoms with Crippen LogP contribution in [0.5, 0.6) is 5.75 Å². The molecule has 0 spiro atoms. The molecule has 2 heterocycles. The maximum absolute atomic E-state index is 12.8. The van der Waals surface area contributed by atoms with Gasteiger partial charge in [0.05, 0.1) is 10.7 Å². The van der Waals surface area contributed by atoms with Gasteiger partial charge in [-0.25, -0.2) is 4.98 Å². The highest BCUT2D eigenvalue weighted by atomic mass is 32.2. The van der Waals surface area contributed by atoms with E-state index < -0.39 is 0 Å². The lowest BCUT2D eigenvalue weighted by Crippen LogP contribution is -2.32. The van der Waals surface area contributed by atoms with Crippen LogP contribution in [0.4, 0.5) is 5.69 Å². The number of thiazole rings is 1. The van der Waals surface area contributed by atoms with Crippen molar-refractivity contribution in [3.63, 3.8) is 0 Å². The summed E-state index contributed by atoms with van der Waals surface area (Å²) in [6.45, 7) is 7.67. The molecule has 0 aliphatic carbocycles. The zero-order chi connectivity index (χ0) is 21.6. The number of benzene rings is 2. The van der Waals surface area contributed by atoms with E-state index in [2.05, 4.69) is 28.2 Å². The molecule has 1 N–H and O–H groups in total. The largest absolute Gasteiger partial charge is 0.487 e. The molecule has 1 saturated heterocycles. The minimum absolute atomic E-state index is 0.115. The smallest absolute Gasteiger partial charge is 0.255 e. The van der Waals surface area contributed by atoms with Gasteiger partial charge < -0.3 is 10.1 Å². The zero-order valence-corrected chi connectivity index (χ0v) is 19.5. The lowest BCUT2D eigenvalue weighted by molar-refractivity contribution is 0.102. The summed E-state index contributed by atoms with van der Waals surface area (Å²) in [4.78, 5) is 19.7. The average Bonchev–Trinajstić information content (AvgIpc) is 3.21. The van der Waals surface area contributed by atoms with Gasteiger partial charge in [0.15, 0.2) is 0 Å². The molecule has 1 aromatic heterocycles. The number of nitrogens with zero attached hydrogens (tertiary/aromatic N) is 2. The highest BCUT2D eigenvalue weighted by Gasteiger charge is 2.14. The van der Waals surface area contributed by atoms with Crippen LogP contribution in [0.25, 0.3) is 0 Å². The van der Waals surface area contributed by atoms with Crippen molar-refractivity contribution in [1.29, 1.82) is 0 Å². The molecular formula is C24H27N3O2S2. The van der Waals surface area contributed by atoms with Crippen LogP contribution >= 0.6 is 23.1 Å². The number of amides is 1. The van der Waals surface area contributed by atoms with Gasteiger partial charge in [-0.2, -0.15) is 11.8 Å². The molecule has 0 unspecified atom stereocenters. The molecule has 0 bridgehead atoms. The molecule has 1 aliphatic heterocycles. The van der Waals surface area contributed by atoms with Gasteiger partial charge in [0, 0.05) is 47.8 Å². The average molecular weight is 454 g/mol.